The number of hydrogen-bond donors (Lipinski definition) is 1. The van der Waals surface area contributed by atoms with Gasteiger partial charge in [0.25, 0.3) is 5.91 Å². The second-order valence-electron chi connectivity index (χ2n) is 4.24. The summed E-state index contributed by atoms with van der Waals surface area (Å²) in [7, 11) is 0. The standard InChI is InChI=1S/C14H13BrFNO2/c1-8-6-7-12(19-8)9(2)17-14(18)13-10(15)4-3-5-11(13)16/h3-7,9H,1-2H3,(H,17,18). The fourth-order valence-corrected chi connectivity index (χ4v) is 2.26. The molecule has 1 aromatic heterocycles. The van der Waals surface area contributed by atoms with Crippen LogP contribution in [-0.4, -0.2) is 5.91 Å². The first-order chi connectivity index (χ1) is 8.99. The highest BCUT2D eigenvalue weighted by molar-refractivity contribution is 9.10. The Morgan fingerprint density at radius 2 is 2.11 bits per heavy atom. The van der Waals surface area contributed by atoms with Crippen LogP contribution in [0.25, 0.3) is 0 Å². The number of hydrogen-bond acceptors (Lipinski definition) is 2. The minimum atomic E-state index is -0.560. The molecular weight excluding hydrogens is 313 g/mol. The van der Waals surface area contributed by atoms with Crippen LogP contribution in [0.1, 0.15) is 34.8 Å². The summed E-state index contributed by atoms with van der Waals surface area (Å²) in [6.45, 7) is 3.61. The molecule has 2 aromatic rings. The smallest absolute Gasteiger partial charge is 0.255 e. The maximum absolute atomic E-state index is 13.6. The third-order valence-corrected chi connectivity index (χ3v) is 3.39. The van der Waals surface area contributed by atoms with E-state index < -0.39 is 11.7 Å². The van der Waals surface area contributed by atoms with E-state index in [2.05, 4.69) is 21.2 Å². The zero-order valence-electron chi connectivity index (χ0n) is 10.5. The van der Waals surface area contributed by atoms with Crippen LogP contribution in [0.2, 0.25) is 0 Å². The molecular formula is C14H13BrFNO2. The summed E-state index contributed by atoms with van der Waals surface area (Å²) < 4.78 is 19.5. The Morgan fingerprint density at radius 3 is 2.68 bits per heavy atom. The zero-order valence-corrected chi connectivity index (χ0v) is 12.1. The van der Waals surface area contributed by atoms with Crippen LogP contribution < -0.4 is 5.32 Å². The van der Waals surface area contributed by atoms with E-state index in [4.69, 9.17) is 4.42 Å². The second-order valence-corrected chi connectivity index (χ2v) is 5.09. The fourth-order valence-electron chi connectivity index (χ4n) is 1.74. The van der Waals surface area contributed by atoms with Crippen molar-refractivity contribution in [3.8, 4) is 0 Å². The fraction of sp³-hybridized carbons (Fsp3) is 0.214. The van der Waals surface area contributed by atoms with E-state index in [-0.39, 0.29) is 11.6 Å². The molecule has 1 unspecified atom stereocenters. The lowest BCUT2D eigenvalue weighted by Gasteiger charge is -2.12. The summed E-state index contributed by atoms with van der Waals surface area (Å²) in [5.74, 6) is 0.364. The SMILES string of the molecule is Cc1ccc(C(C)NC(=O)c2c(F)cccc2Br)o1. The molecule has 0 saturated heterocycles. The predicted octanol–water partition coefficient (Wildman–Crippen LogP) is 3.98. The average molecular weight is 326 g/mol. The number of halogens is 2. The van der Waals surface area contributed by atoms with Gasteiger partial charge in [0.05, 0.1) is 11.6 Å². The molecule has 3 nitrogen and oxygen atoms in total. The molecule has 19 heavy (non-hydrogen) atoms. The summed E-state index contributed by atoms with van der Waals surface area (Å²) in [5, 5.41) is 2.70. The van der Waals surface area contributed by atoms with Crippen LogP contribution >= 0.6 is 15.9 Å². The first kappa shape index (κ1) is 13.8. The minimum Gasteiger partial charge on any atom is -0.464 e. The Balaban J connectivity index is 2.17. The number of nitrogens with one attached hydrogen (secondary N) is 1. The maximum atomic E-state index is 13.6. The monoisotopic (exact) mass is 325 g/mol. The van der Waals surface area contributed by atoms with E-state index in [9.17, 15) is 9.18 Å². The van der Waals surface area contributed by atoms with Gasteiger partial charge in [-0.1, -0.05) is 6.07 Å². The summed E-state index contributed by atoms with van der Waals surface area (Å²) in [4.78, 5) is 12.1. The molecule has 100 valence electrons. The van der Waals surface area contributed by atoms with Gasteiger partial charge in [-0.05, 0) is 54.0 Å². The first-order valence-electron chi connectivity index (χ1n) is 5.80. The second kappa shape index (κ2) is 5.57. The van der Waals surface area contributed by atoms with Crippen molar-refractivity contribution in [3.63, 3.8) is 0 Å². The van der Waals surface area contributed by atoms with Gasteiger partial charge in [-0.3, -0.25) is 4.79 Å². The molecule has 1 aromatic carbocycles. The lowest BCUT2D eigenvalue weighted by molar-refractivity contribution is 0.0930. The van der Waals surface area contributed by atoms with Gasteiger partial charge in [0.1, 0.15) is 17.3 Å². The van der Waals surface area contributed by atoms with Crippen molar-refractivity contribution in [2.24, 2.45) is 0 Å². The summed E-state index contributed by atoms with van der Waals surface area (Å²) in [5.41, 5.74) is -0.00220. The molecule has 1 heterocycles. The van der Waals surface area contributed by atoms with Crippen LogP contribution in [0.15, 0.2) is 39.2 Å². The summed E-state index contributed by atoms with van der Waals surface area (Å²) in [6, 6.07) is 7.69. The Bertz CT molecular complexity index is 589. The number of rotatable bonds is 3. The van der Waals surface area contributed by atoms with Crippen molar-refractivity contribution in [3.05, 3.63) is 57.7 Å². The van der Waals surface area contributed by atoms with Crippen molar-refractivity contribution in [1.29, 1.82) is 0 Å². The summed E-state index contributed by atoms with van der Waals surface area (Å²) >= 11 is 3.17. The highest BCUT2D eigenvalue weighted by atomic mass is 79.9. The van der Waals surface area contributed by atoms with Crippen LogP contribution in [0.4, 0.5) is 4.39 Å². The Hall–Kier alpha value is -1.62. The van der Waals surface area contributed by atoms with Gasteiger partial charge in [-0.15, -0.1) is 0 Å². The molecule has 0 aliphatic carbocycles. The highest BCUT2D eigenvalue weighted by Crippen LogP contribution is 2.21. The molecule has 0 aliphatic rings. The minimum absolute atomic E-state index is 0.00220. The number of carbonyl (C=O) groups excluding carboxylic acids is 1. The molecule has 0 spiro atoms. The predicted molar refractivity (Wildman–Crippen MR) is 73.4 cm³/mol. The molecule has 0 saturated carbocycles. The zero-order chi connectivity index (χ0) is 14.0. The molecule has 1 amide bonds. The largest absolute Gasteiger partial charge is 0.464 e. The molecule has 5 heteroatoms. The Labute approximate surface area is 118 Å². The van der Waals surface area contributed by atoms with Gasteiger partial charge in [0.2, 0.25) is 0 Å². The van der Waals surface area contributed by atoms with Gasteiger partial charge < -0.3 is 9.73 Å². The molecule has 0 fully saturated rings. The number of amides is 1. The van der Waals surface area contributed by atoms with Crippen LogP contribution in [0.5, 0.6) is 0 Å². The quantitative estimate of drug-likeness (QED) is 0.927. The Morgan fingerprint density at radius 1 is 1.37 bits per heavy atom. The van der Waals surface area contributed by atoms with Gasteiger partial charge in [-0.2, -0.15) is 0 Å². The van der Waals surface area contributed by atoms with Crippen molar-refractivity contribution >= 4 is 21.8 Å². The van der Waals surface area contributed by atoms with E-state index in [1.54, 1.807) is 19.1 Å². The van der Waals surface area contributed by atoms with Gasteiger partial charge in [0.15, 0.2) is 0 Å². The van der Waals surface area contributed by atoms with E-state index in [0.29, 0.717) is 10.2 Å². The number of aryl methyl sites for hydroxylation is 1. The lowest BCUT2D eigenvalue weighted by Crippen LogP contribution is -2.27. The van der Waals surface area contributed by atoms with E-state index >= 15 is 0 Å². The van der Waals surface area contributed by atoms with Crippen LogP contribution in [0.3, 0.4) is 0 Å². The Kier molecular flexibility index (Phi) is 4.04. The topological polar surface area (TPSA) is 42.2 Å². The molecule has 0 aliphatic heterocycles. The summed E-state index contributed by atoms with van der Waals surface area (Å²) in [6.07, 6.45) is 0. The normalized spacial score (nSPS) is 12.2. The third kappa shape index (κ3) is 3.04. The van der Waals surface area contributed by atoms with Crippen LogP contribution in [-0.2, 0) is 0 Å². The maximum Gasteiger partial charge on any atom is 0.255 e. The molecule has 1 N–H and O–H groups in total. The van der Waals surface area contributed by atoms with Crippen molar-refractivity contribution in [2.45, 2.75) is 19.9 Å². The number of carbonyl (C=O) groups is 1. The molecule has 2 rings (SSSR count). The van der Waals surface area contributed by atoms with Gasteiger partial charge >= 0.3 is 0 Å². The van der Waals surface area contributed by atoms with Crippen molar-refractivity contribution < 1.29 is 13.6 Å². The van der Waals surface area contributed by atoms with E-state index in [0.717, 1.165) is 5.76 Å². The van der Waals surface area contributed by atoms with E-state index in [1.807, 2.05) is 13.0 Å². The average Bonchev–Trinajstić information content (AvgIpc) is 2.75. The van der Waals surface area contributed by atoms with Gasteiger partial charge in [0, 0.05) is 4.47 Å². The number of benzene rings is 1. The molecule has 1 atom stereocenters. The first-order valence-corrected chi connectivity index (χ1v) is 6.59. The third-order valence-electron chi connectivity index (χ3n) is 2.73. The van der Waals surface area contributed by atoms with Gasteiger partial charge in [-0.25, -0.2) is 4.39 Å². The number of furan rings is 1. The molecule has 0 bridgehead atoms. The van der Waals surface area contributed by atoms with Crippen molar-refractivity contribution in [1.82, 2.24) is 5.32 Å². The van der Waals surface area contributed by atoms with E-state index in [1.165, 1.54) is 12.1 Å². The highest BCUT2D eigenvalue weighted by Gasteiger charge is 2.19. The lowest BCUT2D eigenvalue weighted by atomic mass is 10.1. The van der Waals surface area contributed by atoms with Crippen molar-refractivity contribution in [2.75, 3.05) is 0 Å². The molecule has 0 radical (unpaired) electrons. The van der Waals surface area contributed by atoms with Crippen LogP contribution in [0, 0.1) is 12.7 Å².